The van der Waals surface area contributed by atoms with Crippen LogP contribution in [0.1, 0.15) is 60.9 Å². The molecule has 0 fully saturated rings. The van der Waals surface area contributed by atoms with Gasteiger partial charge in [0.1, 0.15) is 0 Å². The van der Waals surface area contributed by atoms with Crippen LogP contribution in [0, 0.1) is 19.8 Å². The molecule has 1 aromatic rings. The van der Waals surface area contributed by atoms with Crippen molar-refractivity contribution in [3.63, 3.8) is 0 Å². The lowest BCUT2D eigenvalue weighted by Crippen LogP contribution is -2.02. The van der Waals surface area contributed by atoms with Gasteiger partial charge >= 0.3 is 0 Å². The Morgan fingerprint density at radius 1 is 1.06 bits per heavy atom. The molecule has 1 heterocycles. The second-order valence-electron chi connectivity index (χ2n) is 4.98. The van der Waals surface area contributed by atoms with Crippen LogP contribution in [-0.4, -0.2) is 0 Å². The topological polar surface area (TPSA) is 0 Å². The molecule has 16 heavy (non-hydrogen) atoms. The molecule has 0 bridgehead atoms. The minimum absolute atomic E-state index is 0.845. The number of hydrogen-bond donors (Lipinski definition) is 0. The molecule has 0 saturated carbocycles. The van der Waals surface area contributed by atoms with Crippen LogP contribution in [0.4, 0.5) is 0 Å². The van der Waals surface area contributed by atoms with E-state index in [0.29, 0.717) is 0 Å². The van der Waals surface area contributed by atoms with Crippen molar-refractivity contribution < 1.29 is 0 Å². The van der Waals surface area contributed by atoms with Gasteiger partial charge in [-0.2, -0.15) is 0 Å². The fraction of sp³-hybridized carbons (Fsp3) is 0.733. The molecular weight excluding hydrogens is 212 g/mol. The molecule has 0 aliphatic heterocycles. The van der Waals surface area contributed by atoms with Gasteiger partial charge in [-0.1, -0.05) is 40.0 Å². The molecule has 0 spiro atoms. The van der Waals surface area contributed by atoms with E-state index in [2.05, 4.69) is 34.6 Å². The number of hydrogen-bond acceptors (Lipinski definition) is 1. The van der Waals surface area contributed by atoms with Gasteiger partial charge in [0.2, 0.25) is 0 Å². The maximum atomic E-state index is 2.40. The lowest BCUT2D eigenvalue weighted by Gasteiger charge is -2.12. The standard InChI is InChI=1S/C15H26S/c1-6-8-9-11(3)10-15-13(5)16-12(4)14(15)7-2/h11H,6-10H2,1-5H3. The van der Waals surface area contributed by atoms with Crippen LogP contribution in [-0.2, 0) is 12.8 Å². The van der Waals surface area contributed by atoms with Crippen molar-refractivity contribution >= 4 is 11.3 Å². The lowest BCUT2D eigenvalue weighted by molar-refractivity contribution is 0.502. The monoisotopic (exact) mass is 238 g/mol. The zero-order valence-corrected chi connectivity index (χ0v) is 12.3. The van der Waals surface area contributed by atoms with Crippen LogP contribution in [0.5, 0.6) is 0 Å². The van der Waals surface area contributed by atoms with Gasteiger partial charge in [-0.3, -0.25) is 0 Å². The van der Waals surface area contributed by atoms with Gasteiger partial charge in [0.05, 0.1) is 0 Å². The molecule has 0 aliphatic rings. The summed E-state index contributed by atoms with van der Waals surface area (Å²) in [4.78, 5) is 3.09. The molecule has 0 amide bonds. The minimum Gasteiger partial charge on any atom is -0.145 e. The first kappa shape index (κ1) is 13.8. The first-order valence-electron chi connectivity index (χ1n) is 6.67. The van der Waals surface area contributed by atoms with Gasteiger partial charge in [0.15, 0.2) is 0 Å². The molecule has 0 N–H and O–H groups in total. The summed E-state index contributed by atoms with van der Waals surface area (Å²) in [7, 11) is 0. The van der Waals surface area contributed by atoms with Gasteiger partial charge in [-0.25, -0.2) is 0 Å². The van der Waals surface area contributed by atoms with Crippen molar-refractivity contribution in [2.24, 2.45) is 5.92 Å². The van der Waals surface area contributed by atoms with E-state index in [0.717, 1.165) is 5.92 Å². The molecule has 1 heteroatoms. The number of thiophene rings is 1. The number of rotatable bonds is 6. The molecule has 1 aromatic heterocycles. The highest BCUT2D eigenvalue weighted by atomic mass is 32.1. The van der Waals surface area contributed by atoms with E-state index >= 15 is 0 Å². The van der Waals surface area contributed by atoms with E-state index in [4.69, 9.17) is 0 Å². The highest BCUT2D eigenvalue weighted by molar-refractivity contribution is 7.12. The Balaban J connectivity index is 2.72. The van der Waals surface area contributed by atoms with Gasteiger partial charge in [-0.05, 0) is 43.7 Å². The summed E-state index contributed by atoms with van der Waals surface area (Å²) in [5.41, 5.74) is 3.29. The Labute approximate surface area is 105 Å². The number of aryl methyl sites for hydroxylation is 2. The minimum atomic E-state index is 0.845. The van der Waals surface area contributed by atoms with E-state index in [9.17, 15) is 0 Å². The van der Waals surface area contributed by atoms with Crippen LogP contribution >= 0.6 is 11.3 Å². The number of unbranched alkanes of at least 4 members (excludes halogenated alkanes) is 1. The van der Waals surface area contributed by atoms with E-state index in [1.54, 1.807) is 16.0 Å². The van der Waals surface area contributed by atoms with Crippen molar-refractivity contribution in [3.8, 4) is 0 Å². The third-order valence-corrected chi connectivity index (χ3v) is 4.58. The predicted molar refractivity (Wildman–Crippen MR) is 75.6 cm³/mol. The zero-order valence-electron chi connectivity index (χ0n) is 11.5. The van der Waals surface area contributed by atoms with Gasteiger partial charge in [0, 0.05) is 9.75 Å². The lowest BCUT2D eigenvalue weighted by atomic mass is 9.93. The maximum Gasteiger partial charge on any atom is 0.00519 e. The summed E-state index contributed by atoms with van der Waals surface area (Å²) in [6, 6.07) is 0. The van der Waals surface area contributed by atoms with Crippen LogP contribution in [0.15, 0.2) is 0 Å². The van der Waals surface area contributed by atoms with E-state index in [1.165, 1.54) is 37.0 Å². The Kier molecular flexibility index (Phi) is 5.54. The fourth-order valence-electron chi connectivity index (χ4n) is 2.51. The average molecular weight is 238 g/mol. The summed E-state index contributed by atoms with van der Waals surface area (Å²) in [5, 5.41) is 0. The molecule has 1 atom stereocenters. The molecule has 0 aromatic carbocycles. The quantitative estimate of drug-likeness (QED) is 0.631. The first-order chi connectivity index (χ1) is 7.60. The third-order valence-electron chi connectivity index (χ3n) is 3.48. The second kappa shape index (κ2) is 6.44. The Hall–Kier alpha value is -0.300. The molecule has 0 saturated heterocycles. The smallest absolute Gasteiger partial charge is 0.00519 e. The van der Waals surface area contributed by atoms with Crippen molar-refractivity contribution in [2.45, 2.75) is 66.7 Å². The molecule has 0 aliphatic carbocycles. The van der Waals surface area contributed by atoms with Crippen molar-refractivity contribution in [3.05, 3.63) is 20.9 Å². The van der Waals surface area contributed by atoms with Crippen LogP contribution in [0.2, 0.25) is 0 Å². The van der Waals surface area contributed by atoms with Crippen molar-refractivity contribution in [1.82, 2.24) is 0 Å². The Bertz CT molecular complexity index is 322. The summed E-state index contributed by atoms with van der Waals surface area (Å²) in [6.45, 7) is 11.5. The van der Waals surface area contributed by atoms with E-state index in [-0.39, 0.29) is 0 Å². The van der Waals surface area contributed by atoms with E-state index in [1.807, 2.05) is 11.3 Å². The van der Waals surface area contributed by atoms with E-state index < -0.39 is 0 Å². The van der Waals surface area contributed by atoms with Gasteiger partial charge < -0.3 is 0 Å². The molecule has 1 rings (SSSR count). The molecule has 1 unspecified atom stereocenters. The fourth-order valence-corrected chi connectivity index (χ4v) is 3.69. The SMILES string of the molecule is CCCCC(C)Cc1c(C)sc(C)c1CC. The molecule has 0 radical (unpaired) electrons. The summed E-state index contributed by atoms with van der Waals surface area (Å²) in [6.07, 6.45) is 6.58. The normalized spacial score (nSPS) is 13.1. The van der Waals surface area contributed by atoms with Crippen LogP contribution in [0.25, 0.3) is 0 Å². The summed E-state index contributed by atoms with van der Waals surface area (Å²) in [5.74, 6) is 0.845. The largest absolute Gasteiger partial charge is 0.145 e. The predicted octanol–water partition coefficient (Wildman–Crippen LogP) is 5.30. The molecule has 0 nitrogen and oxygen atoms in total. The maximum absolute atomic E-state index is 2.40. The molecule has 92 valence electrons. The van der Waals surface area contributed by atoms with Crippen molar-refractivity contribution in [1.29, 1.82) is 0 Å². The highest BCUT2D eigenvalue weighted by Crippen LogP contribution is 2.30. The molecular formula is C15H26S. The zero-order chi connectivity index (χ0) is 12.1. The average Bonchev–Trinajstić information content (AvgIpc) is 2.50. The first-order valence-corrected chi connectivity index (χ1v) is 7.49. The van der Waals surface area contributed by atoms with Gasteiger partial charge in [0.25, 0.3) is 0 Å². The van der Waals surface area contributed by atoms with Crippen LogP contribution < -0.4 is 0 Å². The van der Waals surface area contributed by atoms with Crippen molar-refractivity contribution in [2.75, 3.05) is 0 Å². The van der Waals surface area contributed by atoms with Gasteiger partial charge in [-0.15, -0.1) is 11.3 Å². The third kappa shape index (κ3) is 3.35. The summed E-state index contributed by atoms with van der Waals surface area (Å²) >= 11 is 1.99. The highest BCUT2D eigenvalue weighted by Gasteiger charge is 2.13. The second-order valence-corrected chi connectivity index (χ2v) is 6.41. The Morgan fingerprint density at radius 3 is 2.25 bits per heavy atom. The summed E-state index contributed by atoms with van der Waals surface area (Å²) < 4.78 is 0. The van der Waals surface area contributed by atoms with Crippen LogP contribution in [0.3, 0.4) is 0 Å². The Morgan fingerprint density at radius 2 is 1.69 bits per heavy atom.